The molecule has 0 unspecified atom stereocenters. The molecule has 0 aromatic rings. The molecule has 1 aliphatic carbocycles. The molecule has 0 heterocycles. The van der Waals surface area contributed by atoms with Crippen LogP contribution in [0.1, 0.15) is 27.2 Å². The van der Waals surface area contributed by atoms with E-state index in [0.717, 1.165) is 0 Å². The smallest absolute Gasteiger partial charge is 0.407 e. The van der Waals surface area contributed by atoms with Crippen molar-refractivity contribution in [2.75, 3.05) is 13.2 Å². The van der Waals surface area contributed by atoms with E-state index in [9.17, 15) is 14.4 Å². The molecule has 1 amide bonds. The number of aldehydes is 1. The van der Waals surface area contributed by atoms with Gasteiger partial charge in [-0.2, -0.15) is 0 Å². The van der Waals surface area contributed by atoms with Gasteiger partial charge in [-0.1, -0.05) is 0 Å². The van der Waals surface area contributed by atoms with Crippen LogP contribution < -0.4 is 5.32 Å². The van der Waals surface area contributed by atoms with Gasteiger partial charge in [0.05, 0.1) is 0 Å². The summed E-state index contributed by atoms with van der Waals surface area (Å²) in [7, 11) is 0. The van der Waals surface area contributed by atoms with Gasteiger partial charge in [-0.25, -0.2) is 4.79 Å². The van der Waals surface area contributed by atoms with Gasteiger partial charge in [0.25, 0.3) is 0 Å². The molecule has 0 atom stereocenters. The van der Waals surface area contributed by atoms with Gasteiger partial charge < -0.3 is 19.6 Å². The fourth-order valence-corrected chi connectivity index (χ4v) is 1.76. The number of alkyl carbamates (subject to hydrolysis) is 1. The number of ether oxygens (including phenoxy) is 2. The molecule has 6 heteroatoms. The van der Waals surface area contributed by atoms with Crippen molar-refractivity contribution >= 4 is 18.2 Å². The van der Waals surface area contributed by atoms with E-state index in [0.29, 0.717) is 12.7 Å². The third kappa shape index (κ3) is 6.35. The van der Waals surface area contributed by atoms with Crippen LogP contribution in [0, 0.1) is 0 Å². The number of allylic oxidation sites excluding steroid dienone is 2. The van der Waals surface area contributed by atoms with Gasteiger partial charge in [-0.15, -0.1) is 0 Å². The molecule has 116 valence electrons. The van der Waals surface area contributed by atoms with Crippen molar-refractivity contribution in [3.05, 3.63) is 24.3 Å². The molecule has 0 radical (unpaired) electrons. The van der Waals surface area contributed by atoms with E-state index in [4.69, 9.17) is 9.47 Å². The summed E-state index contributed by atoms with van der Waals surface area (Å²) in [4.78, 5) is 33.2. The third-order valence-corrected chi connectivity index (χ3v) is 2.66. The van der Waals surface area contributed by atoms with E-state index < -0.39 is 17.3 Å². The minimum Gasteiger partial charge on any atom is -0.444 e. The molecule has 0 bridgehead atoms. The highest BCUT2D eigenvalue weighted by Crippen LogP contribution is 2.22. The van der Waals surface area contributed by atoms with Crippen LogP contribution in [0.2, 0.25) is 0 Å². The van der Waals surface area contributed by atoms with E-state index in [1.54, 1.807) is 32.9 Å². The van der Waals surface area contributed by atoms with Crippen molar-refractivity contribution in [1.29, 1.82) is 0 Å². The van der Waals surface area contributed by atoms with Crippen molar-refractivity contribution in [2.45, 2.75) is 38.4 Å². The first-order valence-corrected chi connectivity index (χ1v) is 6.73. The number of nitrogens with one attached hydrogen (secondary N) is 1. The molecule has 0 aliphatic heterocycles. The Hall–Kier alpha value is -1.95. The molecule has 0 saturated heterocycles. The lowest BCUT2D eigenvalue weighted by Gasteiger charge is -2.28. The predicted octanol–water partition coefficient (Wildman–Crippen LogP) is 1.55. The van der Waals surface area contributed by atoms with Gasteiger partial charge in [-0.3, -0.25) is 4.79 Å². The predicted molar refractivity (Wildman–Crippen MR) is 76.9 cm³/mol. The zero-order valence-electron chi connectivity index (χ0n) is 12.5. The monoisotopic (exact) mass is 295 g/mol. The Bertz CT molecular complexity index is 443. The summed E-state index contributed by atoms with van der Waals surface area (Å²) in [5.41, 5.74) is -1.42. The highest BCUT2D eigenvalue weighted by atomic mass is 16.6. The Labute approximate surface area is 124 Å². The summed E-state index contributed by atoms with van der Waals surface area (Å²) < 4.78 is 10.6. The third-order valence-electron chi connectivity index (χ3n) is 2.66. The van der Waals surface area contributed by atoms with Gasteiger partial charge in [0.15, 0.2) is 5.78 Å². The molecule has 0 saturated carbocycles. The molecule has 1 aliphatic rings. The van der Waals surface area contributed by atoms with E-state index in [1.807, 2.05) is 0 Å². The highest BCUT2D eigenvalue weighted by Gasteiger charge is 2.27. The molecule has 0 aromatic carbocycles. The minimum absolute atomic E-state index is 0.0880. The van der Waals surface area contributed by atoms with Crippen LogP contribution >= 0.6 is 0 Å². The number of rotatable bonds is 6. The summed E-state index contributed by atoms with van der Waals surface area (Å²) in [6.07, 6.45) is 6.47. The second-order valence-corrected chi connectivity index (χ2v) is 5.68. The fraction of sp³-hybridized carbons (Fsp3) is 0.533. The average molecular weight is 295 g/mol. The standard InChI is InChI=1S/C15H21NO5/c1-14(2,3)21-13(19)16-9-8-15(20-11-10-17)6-4-12(18)5-7-15/h4-7,10H,8-9,11H2,1-3H3,(H,16,19). The van der Waals surface area contributed by atoms with Crippen molar-refractivity contribution in [1.82, 2.24) is 5.32 Å². The van der Waals surface area contributed by atoms with Gasteiger partial charge in [-0.05, 0) is 45.1 Å². The molecule has 0 aromatic heterocycles. The maximum Gasteiger partial charge on any atom is 0.407 e. The van der Waals surface area contributed by atoms with Crippen LogP contribution in [-0.4, -0.2) is 42.5 Å². The fourth-order valence-electron chi connectivity index (χ4n) is 1.76. The first-order chi connectivity index (χ1) is 9.76. The number of carbonyl (C=O) groups excluding carboxylic acids is 3. The number of amides is 1. The lowest BCUT2D eigenvalue weighted by Crippen LogP contribution is -2.38. The Morgan fingerprint density at radius 1 is 1.33 bits per heavy atom. The second kappa shape index (κ2) is 7.17. The van der Waals surface area contributed by atoms with Crippen LogP contribution in [0.25, 0.3) is 0 Å². The minimum atomic E-state index is -0.857. The molecular weight excluding hydrogens is 274 g/mol. The van der Waals surface area contributed by atoms with Crippen molar-refractivity contribution < 1.29 is 23.9 Å². The zero-order valence-corrected chi connectivity index (χ0v) is 12.5. The maximum atomic E-state index is 11.6. The summed E-state index contributed by atoms with van der Waals surface area (Å²) in [6.45, 7) is 5.53. The van der Waals surface area contributed by atoms with E-state index in [1.165, 1.54) is 12.2 Å². The molecule has 6 nitrogen and oxygen atoms in total. The van der Waals surface area contributed by atoms with E-state index in [-0.39, 0.29) is 18.9 Å². The van der Waals surface area contributed by atoms with Crippen LogP contribution in [0.5, 0.6) is 0 Å². The van der Waals surface area contributed by atoms with Crippen LogP contribution in [0.4, 0.5) is 4.79 Å². The van der Waals surface area contributed by atoms with E-state index >= 15 is 0 Å². The number of carbonyl (C=O) groups is 3. The molecule has 0 fully saturated rings. The summed E-state index contributed by atoms with van der Waals surface area (Å²) >= 11 is 0. The zero-order chi connectivity index (χ0) is 15.9. The van der Waals surface area contributed by atoms with Gasteiger partial charge >= 0.3 is 6.09 Å². The molecule has 1 N–H and O–H groups in total. The first-order valence-electron chi connectivity index (χ1n) is 6.73. The molecule has 1 rings (SSSR count). The Morgan fingerprint density at radius 3 is 2.48 bits per heavy atom. The quantitative estimate of drug-likeness (QED) is 0.752. The second-order valence-electron chi connectivity index (χ2n) is 5.68. The number of ketones is 1. The number of hydrogen-bond acceptors (Lipinski definition) is 5. The van der Waals surface area contributed by atoms with Crippen LogP contribution in [0.3, 0.4) is 0 Å². The topological polar surface area (TPSA) is 81.7 Å². The van der Waals surface area contributed by atoms with Crippen molar-refractivity contribution in [2.24, 2.45) is 0 Å². The first kappa shape index (κ1) is 17.1. The van der Waals surface area contributed by atoms with Gasteiger partial charge in [0.1, 0.15) is 24.1 Å². The van der Waals surface area contributed by atoms with Crippen LogP contribution in [0.15, 0.2) is 24.3 Å². The van der Waals surface area contributed by atoms with Crippen molar-refractivity contribution in [3.8, 4) is 0 Å². The molecule has 0 spiro atoms. The summed E-state index contributed by atoms with van der Waals surface area (Å²) in [5.74, 6) is -0.138. The Morgan fingerprint density at radius 2 is 1.95 bits per heavy atom. The molecular formula is C15H21NO5. The van der Waals surface area contributed by atoms with Gasteiger partial charge in [0.2, 0.25) is 0 Å². The Balaban J connectivity index is 2.53. The number of hydrogen-bond donors (Lipinski definition) is 1. The lowest BCUT2D eigenvalue weighted by molar-refractivity contribution is -0.115. The average Bonchev–Trinajstić information content (AvgIpc) is 2.37. The van der Waals surface area contributed by atoms with Crippen LogP contribution in [-0.2, 0) is 19.1 Å². The maximum absolute atomic E-state index is 11.6. The molecule has 21 heavy (non-hydrogen) atoms. The highest BCUT2D eigenvalue weighted by molar-refractivity contribution is 6.00. The lowest BCUT2D eigenvalue weighted by atomic mass is 9.93. The summed E-state index contributed by atoms with van der Waals surface area (Å²) in [6, 6.07) is 0. The summed E-state index contributed by atoms with van der Waals surface area (Å²) in [5, 5.41) is 2.62. The largest absolute Gasteiger partial charge is 0.444 e. The SMILES string of the molecule is CC(C)(C)OC(=O)NCCC1(OCC=O)C=CC(=O)C=C1. The van der Waals surface area contributed by atoms with E-state index in [2.05, 4.69) is 5.32 Å². The Kier molecular flexibility index (Phi) is 5.84. The van der Waals surface area contributed by atoms with Crippen molar-refractivity contribution in [3.63, 3.8) is 0 Å². The van der Waals surface area contributed by atoms with Gasteiger partial charge in [0, 0.05) is 13.0 Å². The normalized spacial score (nSPS) is 16.6.